The Balaban J connectivity index is 1.53. The number of benzene rings is 2. The van der Waals surface area contributed by atoms with Crippen LogP contribution in [0.25, 0.3) is 0 Å². The Kier molecular flexibility index (Phi) is 9.80. The van der Waals surface area contributed by atoms with Crippen molar-refractivity contribution in [2.45, 2.75) is 63.1 Å². The van der Waals surface area contributed by atoms with Crippen LogP contribution in [0.3, 0.4) is 0 Å². The van der Waals surface area contributed by atoms with Crippen molar-refractivity contribution in [3.05, 3.63) is 68.7 Å². The predicted molar refractivity (Wildman–Crippen MR) is 142 cm³/mol. The molecule has 2 fully saturated rings. The van der Waals surface area contributed by atoms with Gasteiger partial charge in [0, 0.05) is 38.3 Å². The van der Waals surface area contributed by atoms with Gasteiger partial charge < -0.3 is 9.80 Å². The van der Waals surface area contributed by atoms with Gasteiger partial charge in [0.1, 0.15) is 0 Å². The summed E-state index contributed by atoms with van der Waals surface area (Å²) in [7, 11) is 1.71. The maximum Gasteiger partial charge on any atom is 0.416 e. The maximum absolute atomic E-state index is 13.4. The summed E-state index contributed by atoms with van der Waals surface area (Å²) in [6.07, 6.45) is -4.03. The van der Waals surface area contributed by atoms with Crippen molar-refractivity contribution in [3.8, 4) is 0 Å². The number of hydrogen-bond acceptors (Lipinski definition) is 3. The zero-order valence-corrected chi connectivity index (χ0v) is 23.3. The second kappa shape index (κ2) is 12.6. The number of piperidine rings is 2. The molecular weight excluding hydrogens is 563 g/mol. The standard InChI is InChI=1S/C28H33Cl2F6N3/c1-37(17-19-13-21(27(31,32)33)16-22(14-19)28(34,35)36)18-26(20-5-6-24(29)25(30)15-20)39-11-7-23(8-12-39)38-9-3-2-4-10-38/h5-6,13-16,23,26H,2-4,7-12,17-18H2,1H3. The third-order valence-corrected chi connectivity index (χ3v) is 8.50. The minimum Gasteiger partial charge on any atom is -0.300 e. The van der Waals surface area contributed by atoms with Gasteiger partial charge >= 0.3 is 12.4 Å². The molecule has 1 unspecified atom stereocenters. The van der Waals surface area contributed by atoms with Gasteiger partial charge in [-0.3, -0.25) is 4.90 Å². The lowest BCUT2D eigenvalue weighted by Crippen LogP contribution is -2.48. The molecule has 3 nitrogen and oxygen atoms in total. The lowest BCUT2D eigenvalue weighted by Gasteiger charge is -2.43. The van der Waals surface area contributed by atoms with E-state index in [0.29, 0.717) is 22.6 Å². The average Bonchev–Trinajstić information content (AvgIpc) is 2.88. The van der Waals surface area contributed by atoms with Crippen LogP contribution in [-0.4, -0.2) is 60.5 Å². The van der Waals surface area contributed by atoms with Crippen LogP contribution < -0.4 is 0 Å². The summed E-state index contributed by atoms with van der Waals surface area (Å²) in [6, 6.07) is 7.53. The first-order valence-electron chi connectivity index (χ1n) is 13.2. The molecule has 2 aliphatic rings. The van der Waals surface area contributed by atoms with Gasteiger partial charge in [0.15, 0.2) is 0 Å². The highest BCUT2D eigenvalue weighted by molar-refractivity contribution is 6.42. The molecule has 0 saturated carbocycles. The molecule has 0 radical (unpaired) electrons. The molecule has 0 aromatic heterocycles. The highest BCUT2D eigenvalue weighted by Gasteiger charge is 2.37. The van der Waals surface area contributed by atoms with Crippen molar-refractivity contribution in [2.24, 2.45) is 0 Å². The second-order valence-corrected chi connectivity index (χ2v) is 11.5. The molecule has 2 heterocycles. The maximum atomic E-state index is 13.4. The van der Waals surface area contributed by atoms with Gasteiger partial charge in [-0.2, -0.15) is 26.3 Å². The number of halogens is 8. The topological polar surface area (TPSA) is 9.72 Å². The third kappa shape index (κ3) is 8.03. The van der Waals surface area contributed by atoms with Crippen LogP contribution in [0, 0.1) is 0 Å². The van der Waals surface area contributed by atoms with Crippen molar-refractivity contribution < 1.29 is 26.3 Å². The van der Waals surface area contributed by atoms with Crippen LogP contribution in [0.2, 0.25) is 10.0 Å². The number of alkyl halides is 6. The van der Waals surface area contributed by atoms with Crippen molar-refractivity contribution >= 4 is 23.2 Å². The van der Waals surface area contributed by atoms with Gasteiger partial charge in [0.25, 0.3) is 0 Å². The largest absolute Gasteiger partial charge is 0.416 e. The van der Waals surface area contributed by atoms with E-state index >= 15 is 0 Å². The fourth-order valence-corrected chi connectivity index (χ4v) is 6.09. The molecule has 11 heteroatoms. The summed E-state index contributed by atoms with van der Waals surface area (Å²) >= 11 is 12.5. The molecule has 4 rings (SSSR count). The minimum atomic E-state index is -4.88. The van der Waals surface area contributed by atoms with Crippen LogP contribution in [0.4, 0.5) is 26.3 Å². The first-order valence-corrected chi connectivity index (χ1v) is 14.0. The van der Waals surface area contributed by atoms with E-state index in [1.165, 1.54) is 19.3 Å². The van der Waals surface area contributed by atoms with E-state index in [1.807, 2.05) is 6.07 Å². The third-order valence-electron chi connectivity index (χ3n) is 7.76. The van der Waals surface area contributed by atoms with E-state index < -0.39 is 23.5 Å². The number of likely N-dealkylation sites (N-methyl/N-ethyl adjacent to an activating group) is 1. The summed E-state index contributed by atoms with van der Waals surface area (Å²) in [6.45, 7) is 4.24. The SMILES string of the molecule is CN(Cc1cc(C(F)(F)F)cc(C(F)(F)F)c1)CC(c1ccc(Cl)c(Cl)c1)N1CCC(N2CCCCC2)CC1. The van der Waals surface area contributed by atoms with E-state index in [2.05, 4.69) is 9.80 Å². The zero-order valence-electron chi connectivity index (χ0n) is 21.8. The van der Waals surface area contributed by atoms with Gasteiger partial charge in [-0.05, 0) is 87.3 Å². The molecule has 0 aliphatic carbocycles. The molecule has 2 saturated heterocycles. The normalized spacial score (nSPS) is 19.5. The molecule has 216 valence electrons. The summed E-state index contributed by atoms with van der Waals surface area (Å²) in [5, 5.41) is 0.817. The molecule has 0 N–H and O–H groups in total. The molecule has 1 atom stereocenters. The number of nitrogens with zero attached hydrogens (tertiary/aromatic N) is 3. The van der Waals surface area contributed by atoms with Crippen molar-refractivity contribution in [1.82, 2.24) is 14.7 Å². The summed E-state index contributed by atoms with van der Waals surface area (Å²) in [4.78, 5) is 6.68. The van der Waals surface area contributed by atoms with Gasteiger partial charge in [-0.25, -0.2) is 0 Å². The molecule has 2 aromatic carbocycles. The first-order chi connectivity index (χ1) is 18.3. The summed E-state index contributed by atoms with van der Waals surface area (Å²) < 4.78 is 80.2. The van der Waals surface area contributed by atoms with E-state index in [1.54, 1.807) is 24.1 Å². The highest BCUT2D eigenvalue weighted by Crippen LogP contribution is 2.37. The van der Waals surface area contributed by atoms with Crippen molar-refractivity contribution in [2.75, 3.05) is 39.8 Å². The van der Waals surface area contributed by atoms with Crippen molar-refractivity contribution in [3.63, 3.8) is 0 Å². The Bertz CT molecular complexity index is 1080. The molecule has 2 aromatic rings. The minimum absolute atomic E-state index is 0.0451. The molecule has 0 bridgehead atoms. The van der Waals surface area contributed by atoms with Gasteiger partial charge in [-0.15, -0.1) is 0 Å². The Morgan fingerprint density at radius 2 is 1.41 bits per heavy atom. The van der Waals surface area contributed by atoms with Crippen LogP contribution in [0.15, 0.2) is 36.4 Å². The number of hydrogen-bond donors (Lipinski definition) is 0. The summed E-state index contributed by atoms with van der Waals surface area (Å²) in [5.41, 5.74) is -1.74. The van der Waals surface area contributed by atoms with E-state index in [-0.39, 0.29) is 24.2 Å². The Labute approximate surface area is 235 Å². The average molecular weight is 596 g/mol. The molecule has 39 heavy (non-hydrogen) atoms. The van der Waals surface area contributed by atoms with Crippen molar-refractivity contribution in [1.29, 1.82) is 0 Å². The smallest absolute Gasteiger partial charge is 0.300 e. The molecule has 0 amide bonds. The quantitative estimate of drug-likeness (QED) is 0.299. The van der Waals surface area contributed by atoms with Gasteiger partial charge in [0.2, 0.25) is 0 Å². The highest BCUT2D eigenvalue weighted by atomic mass is 35.5. The molecular formula is C28H33Cl2F6N3. The van der Waals surface area contributed by atoms with Crippen LogP contribution in [0.5, 0.6) is 0 Å². The Morgan fingerprint density at radius 1 is 0.821 bits per heavy atom. The van der Waals surface area contributed by atoms with E-state index in [0.717, 1.165) is 56.7 Å². The monoisotopic (exact) mass is 595 g/mol. The first kappa shape index (κ1) is 30.4. The zero-order chi connectivity index (χ0) is 28.4. The lowest BCUT2D eigenvalue weighted by atomic mass is 9.96. The van der Waals surface area contributed by atoms with Crippen LogP contribution in [0.1, 0.15) is 60.4 Å². The fraction of sp³-hybridized carbons (Fsp3) is 0.571. The second-order valence-electron chi connectivity index (χ2n) is 10.7. The fourth-order valence-electron chi connectivity index (χ4n) is 5.78. The lowest BCUT2D eigenvalue weighted by molar-refractivity contribution is -0.143. The number of likely N-dealkylation sites (tertiary alicyclic amines) is 2. The Hall–Kier alpha value is -1.52. The molecule has 2 aliphatic heterocycles. The Morgan fingerprint density at radius 3 is 1.95 bits per heavy atom. The van der Waals surface area contributed by atoms with E-state index in [4.69, 9.17) is 23.2 Å². The van der Waals surface area contributed by atoms with Crippen LogP contribution >= 0.6 is 23.2 Å². The summed E-state index contributed by atoms with van der Waals surface area (Å²) in [5.74, 6) is 0. The van der Waals surface area contributed by atoms with Crippen LogP contribution in [-0.2, 0) is 18.9 Å². The van der Waals surface area contributed by atoms with Gasteiger partial charge in [-0.1, -0.05) is 35.7 Å². The van der Waals surface area contributed by atoms with Gasteiger partial charge in [0.05, 0.1) is 21.2 Å². The predicted octanol–water partition coefficient (Wildman–Crippen LogP) is 8.15. The molecule has 0 spiro atoms. The number of rotatable bonds is 7. The van der Waals surface area contributed by atoms with E-state index in [9.17, 15) is 26.3 Å².